The number of carbonyl (C=O) groups is 2. The summed E-state index contributed by atoms with van der Waals surface area (Å²) in [6, 6.07) is 7.08. The second kappa shape index (κ2) is 8.80. The highest BCUT2D eigenvalue weighted by Gasteiger charge is 2.20. The van der Waals surface area contributed by atoms with Crippen molar-refractivity contribution in [1.82, 2.24) is 10.2 Å². The Kier molecular flexibility index (Phi) is 6.75. The molecule has 1 aliphatic heterocycles. The maximum absolute atomic E-state index is 12.3. The molecule has 6 heteroatoms. The number of hydrogen-bond donors (Lipinski definition) is 2. The van der Waals surface area contributed by atoms with Crippen molar-refractivity contribution in [1.29, 1.82) is 0 Å². The van der Waals surface area contributed by atoms with Crippen LogP contribution in [0.15, 0.2) is 24.3 Å². The van der Waals surface area contributed by atoms with E-state index in [0.717, 1.165) is 13.1 Å². The fourth-order valence-corrected chi connectivity index (χ4v) is 2.61. The number of ether oxygens (including phenoxy) is 1. The molecule has 1 atom stereocenters. The first-order valence-corrected chi connectivity index (χ1v) is 8.46. The Morgan fingerprint density at radius 2 is 2.08 bits per heavy atom. The minimum absolute atomic E-state index is 0.117. The van der Waals surface area contributed by atoms with Gasteiger partial charge in [-0.15, -0.1) is 0 Å². The van der Waals surface area contributed by atoms with Gasteiger partial charge in [-0.1, -0.05) is 26.0 Å². The molecule has 0 radical (unpaired) electrons. The molecule has 0 spiro atoms. The average Bonchev–Trinajstić information content (AvgIpc) is 2.53. The third kappa shape index (κ3) is 5.62. The molecular formula is C18H27N3O3. The number of rotatable bonds is 6. The number of nitrogens with zero attached hydrogens (tertiary/aromatic N) is 1. The molecule has 24 heavy (non-hydrogen) atoms. The molecule has 2 amide bonds. The number of amides is 2. The van der Waals surface area contributed by atoms with Crippen molar-refractivity contribution in [2.24, 2.45) is 5.92 Å². The Bertz CT molecular complexity index is 574. The van der Waals surface area contributed by atoms with Gasteiger partial charge in [0.25, 0.3) is 5.91 Å². The standard InChI is InChI=1S/C18H27N3O3/c1-13(2)10-19-18(23)15-6-4-5-7-16(15)20-17(22)12-21-8-9-24-14(3)11-21/h4-7,13-14H,8-12H2,1-3H3,(H,19,23)(H,20,22). The lowest BCUT2D eigenvalue weighted by molar-refractivity contribution is -0.119. The summed E-state index contributed by atoms with van der Waals surface area (Å²) in [5.74, 6) is 0.0896. The van der Waals surface area contributed by atoms with E-state index in [1.165, 1.54) is 0 Å². The van der Waals surface area contributed by atoms with Crippen molar-refractivity contribution in [3.8, 4) is 0 Å². The molecule has 0 aromatic heterocycles. The fourth-order valence-electron chi connectivity index (χ4n) is 2.61. The van der Waals surface area contributed by atoms with E-state index in [9.17, 15) is 9.59 Å². The first kappa shape index (κ1) is 18.4. The van der Waals surface area contributed by atoms with Crippen LogP contribution in [0.25, 0.3) is 0 Å². The third-order valence-electron chi connectivity index (χ3n) is 3.81. The van der Waals surface area contributed by atoms with Crippen molar-refractivity contribution >= 4 is 17.5 Å². The Morgan fingerprint density at radius 1 is 1.33 bits per heavy atom. The smallest absolute Gasteiger partial charge is 0.253 e. The first-order valence-electron chi connectivity index (χ1n) is 8.46. The van der Waals surface area contributed by atoms with E-state index in [2.05, 4.69) is 15.5 Å². The minimum atomic E-state index is -0.167. The molecule has 1 saturated heterocycles. The SMILES string of the molecule is CC(C)CNC(=O)c1ccccc1NC(=O)CN1CCOC(C)C1. The molecule has 1 fully saturated rings. The Morgan fingerprint density at radius 3 is 2.79 bits per heavy atom. The summed E-state index contributed by atoms with van der Waals surface area (Å²) in [5, 5.41) is 5.74. The summed E-state index contributed by atoms with van der Waals surface area (Å²) in [7, 11) is 0. The van der Waals surface area contributed by atoms with Crippen LogP contribution in [0.2, 0.25) is 0 Å². The predicted octanol–water partition coefficient (Wildman–Crippen LogP) is 1.73. The Balaban J connectivity index is 1.96. The quantitative estimate of drug-likeness (QED) is 0.832. The third-order valence-corrected chi connectivity index (χ3v) is 3.81. The highest BCUT2D eigenvalue weighted by atomic mass is 16.5. The Hall–Kier alpha value is -1.92. The number of nitrogens with one attached hydrogen (secondary N) is 2. The van der Waals surface area contributed by atoms with E-state index >= 15 is 0 Å². The highest BCUT2D eigenvalue weighted by molar-refractivity contribution is 6.04. The summed E-state index contributed by atoms with van der Waals surface area (Å²) in [5.41, 5.74) is 1.03. The van der Waals surface area contributed by atoms with Gasteiger partial charge in [-0.05, 0) is 25.0 Å². The second-order valence-electron chi connectivity index (χ2n) is 6.61. The molecule has 0 saturated carbocycles. The van der Waals surface area contributed by atoms with Gasteiger partial charge >= 0.3 is 0 Å². The molecule has 2 rings (SSSR count). The van der Waals surface area contributed by atoms with Gasteiger partial charge in [0.2, 0.25) is 5.91 Å². The van der Waals surface area contributed by atoms with E-state index in [4.69, 9.17) is 4.74 Å². The molecule has 132 valence electrons. The summed E-state index contributed by atoms with van der Waals surface area (Å²) < 4.78 is 5.48. The fraction of sp³-hybridized carbons (Fsp3) is 0.556. The Labute approximate surface area is 143 Å². The van der Waals surface area contributed by atoms with Crippen LogP contribution < -0.4 is 10.6 Å². The predicted molar refractivity (Wildman–Crippen MR) is 94.1 cm³/mol. The summed E-state index contributed by atoms with van der Waals surface area (Å²) in [6.45, 7) is 9.11. The maximum Gasteiger partial charge on any atom is 0.253 e. The molecule has 1 heterocycles. The van der Waals surface area contributed by atoms with Gasteiger partial charge < -0.3 is 15.4 Å². The van der Waals surface area contributed by atoms with Crippen molar-refractivity contribution in [2.75, 3.05) is 38.1 Å². The van der Waals surface area contributed by atoms with E-state index in [0.29, 0.717) is 36.9 Å². The lowest BCUT2D eigenvalue weighted by Crippen LogP contribution is -2.44. The number of carbonyl (C=O) groups excluding carboxylic acids is 2. The van der Waals surface area contributed by atoms with Gasteiger partial charge in [-0.3, -0.25) is 14.5 Å². The van der Waals surface area contributed by atoms with Crippen LogP contribution in [0, 0.1) is 5.92 Å². The second-order valence-corrected chi connectivity index (χ2v) is 6.61. The molecule has 1 aliphatic rings. The van der Waals surface area contributed by atoms with Gasteiger partial charge in [0.05, 0.1) is 30.5 Å². The van der Waals surface area contributed by atoms with Crippen LogP contribution in [0.4, 0.5) is 5.69 Å². The zero-order chi connectivity index (χ0) is 17.5. The van der Waals surface area contributed by atoms with Crippen molar-refractivity contribution < 1.29 is 14.3 Å². The molecule has 0 bridgehead atoms. The van der Waals surface area contributed by atoms with Crippen molar-refractivity contribution in [3.05, 3.63) is 29.8 Å². The zero-order valence-electron chi connectivity index (χ0n) is 14.7. The van der Waals surface area contributed by atoms with Gasteiger partial charge in [0.1, 0.15) is 0 Å². The first-order chi connectivity index (χ1) is 11.5. The largest absolute Gasteiger partial charge is 0.376 e. The topological polar surface area (TPSA) is 70.7 Å². The number of anilines is 1. The van der Waals surface area contributed by atoms with Crippen LogP contribution in [0.5, 0.6) is 0 Å². The van der Waals surface area contributed by atoms with E-state index < -0.39 is 0 Å². The van der Waals surface area contributed by atoms with Crippen molar-refractivity contribution in [3.63, 3.8) is 0 Å². The molecule has 0 aliphatic carbocycles. The molecule has 1 aromatic carbocycles. The molecular weight excluding hydrogens is 306 g/mol. The van der Waals surface area contributed by atoms with E-state index in [1.807, 2.05) is 26.8 Å². The number of para-hydroxylation sites is 1. The van der Waals surface area contributed by atoms with Gasteiger partial charge in [0, 0.05) is 19.6 Å². The van der Waals surface area contributed by atoms with Crippen LogP contribution in [-0.2, 0) is 9.53 Å². The van der Waals surface area contributed by atoms with Gasteiger partial charge in [-0.2, -0.15) is 0 Å². The van der Waals surface area contributed by atoms with Crippen LogP contribution in [0.1, 0.15) is 31.1 Å². The lowest BCUT2D eigenvalue weighted by Gasteiger charge is -2.30. The van der Waals surface area contributed by atoms with Gasteiger partial charge in [0.15, 0.2) is 0 Å². The normalized spacial score (nSPS) is 18.4. The lowest BCUT2D eigenvalue weighted by atomic mass is 10.1. The van der Waals surface area contributed by atoms with E-state index in [1.54, 1.807) is 18.2 Å². The van der Waals surface area contributed by atoms with Crippen LogP contribution in [-0.4, -0.2) is 55.6 Å². The summed E-state index contributed by atoms with van der Waals surface area (Å²) in [4.78, 5) is 26.7. The average molecular weight is 333 g/mol. The van der Waals surface area contributed by atoms with E-state index in [-0.39, 0.29) is 17.9 Å². The monoisotopic (exact) mass is 333 g/mol. The number of hydrogen-bond acceptors (Lipinski definition) is 4. The zero-order valence-corrected chi connectivity index (χ0v) is 14.7. The van der Waals surface area contributed by atoms with Crippen molar-refractivity contribution in [2.45, 2.75) is 26.9 Å². The highest BCUT2D eigenvalue weighted by Crippen LogP contribution is 2.15. The molecule has 6 nitrogen and oxygen atoms in total. The summed E-state index contributed by atoms with van der Waals surface area (Å²) in [6.07, 6.45) is 0.139. The van der Waals surface area contributed by atoms with Crippen LogP contribution in [0.3, 0.4) is 0 Å². The molecule has 1 unspecified atom stereocenters. The number of benzene rings is 1. The van der Waals surface area contributed by atoms with Gasteiger partial charge in [-0.25, -0.2) is 0 Å². The molecule has 2 N–H and O–H groups in total. The maximum atomic E-state index is 12.3. The van der Waals surface area contributed by atoms with Crippen LogP contribution >= 0.6 is 0 Å². The summed E-state index contributed by atoms with van der Waals surface area (Å²) >= 11 is 0. The molecule has 1 aromatic rings. The number of morpholine rings is 1. The minimum Gasteiger partial charge on any atom is -0.376 e.